The van der Waals surface area contributed by atoms with E-state index in [1.807, 2.05) is 17.8 Å². The lowest BCUT2D eigenvalue weighted by atomic mass is 9.66. The van der Waals surface area contributed by atoms with Crippen molar-refractivity contribution in [3.05, 3.63) is 17.5 Å². The average molecular weight is 222 g/mol. The Kier molecular flexibility index (Phi) is 2.74. The molecule has 1 aliphatic carbocycles. The maximum Gasteiger partial charge on any atom is 0.310 e. The molecule has 0 atom stereocenters. The second kappa shape index (κ2) is 3.92. The predicted molar refractivity (Wildman–Crippen MR) is 60.2 cm³/mol. The van der Waals surface area contributed by atoms with Gasteiger partial charge < -0.3 is 5.11 Å². The fourth-order valence-corrected chi connectivity index (χ4v) is 2.33. The smallest absolute Gasteiger partial charge is 0.310 e. The van der Waals surface area contributed by atoms with Crippen LogP contribution < -0.4 is 0 Å². The highest BCUT2D eigenvalue weighted by Gasteiger charge is 2.44. The van der Waals surface area contributed by atoms with Crippen LogP contribution in [0.15, 0.2) is 6.07 Å². The number of carbonyl (C=O) groups is 1. The summed E-state index contributed by atoms with van der Waals surface area (Å²) in [5, 5.41) is 13.6. The number of carboxylic acid groups (broad SMARTS) is 1. The van der Waals surface area contributed by atoms with Crippen molar-refractivity contribution in [1.29, 1.82) is 0 Å². The summed E-state index contributed by atoms with van der Waals surface area (Å²) in [5.74, 6) is -0.655. The van der Waals surface area contributed by atoms with Gasteiger partial charge in [-0.05, 0) is 25.3 Å². The van der Waals surface area contributed by atoms with E-state index in [4.69, 9.17) is 0 Å². The third-order valence-corrected chi connectivity index (χ3v) is 3.67. The standard InChI is InChI=1S/C12H18N2O2/c1-3-9-7-10(14(2)13-9)8-12(11(15)16)5-4-6-12/h7H,3-6,8H2,1-2H3,(H,15,16). The largest absolute Gasteiger partial charge is 0.481 e. The van der Waals surface area contributed by atoms with Crippen LogP contribution in [0.2, 0.25) is 0 Å². The van der Waals surface area contributed by atoms with Crippen LogP contribution in [0.3, 0.4) is 0 Å². The van der Waals surface area contributed by atoms with E-state index in [-0.39, 0.29) is 0 Å². The highest BCUT2D eigenvalue weighted by Crippen LogP contribution is 2.43. The number of aryl methyl sites for hydroxylation is 2. The van der Waals surface area contributed by atoms with Gasteiger partial charge in [0.15, 0.2) is 0 Å². The molecular formula is C12H18N2O2. The van der Waals surface area contributed by atoms with Crippen molar-refractivity contribution in [2.45, 2.75) is 39.0 Å². The average Bonchev–Trinajstić information content (AvgIpc) is 2.52. The molecule has 0 radical (unpaired) electrons. The quantitative estimate of drug-likeness (QED) is 0.844. The zero-order valence-corrected chi connectivity index (χ0v) is 9.86. The summed E-state index contributed by atoms with van der Waals surface area (Å²) in [6.07, 6.45) is 4.15. The van der Waals surface area contributed by atoms with Crippen LogP contribution in [0.1, 0.15) is 37.6 Å². The van der Waals surface area contributed by atoms with E-state index in [9.17, 15) is 9.90 Å². The molecule has 4 nitrogen and oxygen atoms in total. The number of nitrogens with zero attached hydrogens (tertiary/aromatic N) is 2. The number of aromatic nitrogens is 2. The second-order valence-corrected chi connectivity index (χ2v) is 4.72. The Morgan fingerprint density at radius 3 is 2.69 bits per heavy atom. The number of rotatable bonds is 4. The van der Waals surface area contributed by atoms with Crippen molar-refractivity contribution in [2.24, 2.45) is 12.5 Å². The monoisotopic (exact) mass is 222 g/mol. The zero-order chi connectivity index (χ0) is 11.8. The summed E-state index contributed by atoms with van der Waals surface area (Å²) >= 11 is 0. The molecule has 1 fully saturated rings. The third kappa shape index (κ3) is 1.72. The van der Waals surface area contributed by atoms with E-state index in [0.717, 1.165) is 37.1 Å². The molecule has 1 N–H and O–H groups in total. The molecule has 0 amide bonds. The summed E-state index contributed by atoms with van der Waals surface area (Å²) < 4.78 is 1.82. The summed E-state index contributed by atoms with van der Waals surface area (Å²) in [6.45, 7) is 2.06. The van der Waals surface area contributed by atoms with Gasteiger partial charge in [-0.25, -0.2) is 0 Å². The van der Waals surface area contributed by atoms with Crippen LogP contribution in [0.5, 0.6) is 0 Å². The Labute approximate surface area is 95.3 Å². The highest BCUT2D eigenvalue weighted by molar-refractivity contribution is 5.76. The molecule has 0 spiro atoms. The minimum Gasteiger partial charge on any atom is -0.481 e. The molecular weight excluding hydrogens is 204 g/mol. The minimum atomic E-state index is -0.655. The SMILES string of the molecule is CCc1cc(CC2(C(=O)O)CCC2)n(C)n1. The van der Waals surface area contributed by atoms with Gasteiger partial charge in [0.2, 0.25) is 0 Å². The normalized spacial score (nSPS) is 18.1. The Hall–Kier alpha value is -1.32. The molecule has 0 unspecified atom stereocenters. The predicted octanol–water partition coefficient (Wildman–Crippen LogP) is 1.78. The van der Waals surface area contributed by atoms with Gasteiger partial charge in [-0.3, -0.25) is 9.48 Å². The molecule has 0 bridgehead atoms. The molecule has 2 rings (SSSR count). The van der Waals surface area contributed by atoms with Crippen LogP contribution in [0, 0.1) is 5.41 Å². The van der Waals surface area contributed by atoms with E-state index in [2.05, 4.69) is 12.0 Å². The van der Waals surface area contributed by atoms with Crippen molar-refractivity contribution >= 4 is 5.97 Å². The Morgan fingerprint density at radius 1 is 1.62 bits per heavy atom. The first-order chi connectivity index (χ1) is 7.57. The second-order valence-electron chi connectivity index (χ2n) is 4.72. The summed E-state index contributed by atoms with van der Waals surface area (Å²) in [5.41, 5.74) is 1.56. The topological polar surface area (TPSA) is 55.1 Å². The number of hydrogen-bond acceptors (Lipinski definition) is 2. The lowest BCUT2D eigenvalue weighted by Crippen LogP contribution is -2.40. The molecule has 0 saturated heterocycles. The van der Waals surface area contributed by atoms with E-state index in [1.165, 1.54) is 0 Å². The summed E-state index contributed by atoms with van der Waals surface area (Å²) in [4.78, 5) is 11.3. The third-order valence-electron chi connectivity index (χ3n) is 3.67. The van der Waals surface area contributed by atoms with E-state index in [0.29, 0.717) is 6.42 Å². The molecule has 1 aliphatic rings. The van der Waals surface area contributed by atoms with Gasteiger partial charge in [-0.1, -0.05) is 13.3 Å². The van der Waals surface area contributed by atoms with Gasteiger partial charge in [-0.15, -0.1) is 0 Å². The van der Waals surface area contributed by atoms with Crippen LogP contribution >= 0.6 is 0 Å². The lowest BCUT2D eigenvalue weighted by Gasteiger charge is -2.37. The van der Waals surface area contributed by atoms with Gasteiger partial charge >= 0.3 is 5.97 Å². The molecule has 0 aromatic carbocycles. The zero-order valence-electron chi connectivity index (χ0n) is 9.86. The maximum absolute atomic E-state index is 11.3. The van der Waals surface area contributed by atoms with Gasteiger partial charge in [-0.2, -0.15) is 5.10 Å². The molecule has 4 heteroatoms. The van der Waals surface area contributed by atoms with Gasteiger partial charge in [0.25, 0.3) is 0 Å². The summed E-state index contributed by atoms with van der Waals surface area (Å²) in [6, 6.07) is 2.03. The first-order valence-corrected chi connectivity index (χ1v) is 5.82. The number of hydrogen-bond donors (Lipinski definition) is 1. The van der Waals surface area contributed by atoms with Gasteiger partial charge in [0.05, 0.1) is 11.1 Å². The highest BCUT2D eigenvalue weighted by atomic mass is 16.4. The molecule has 0 aliphatic heterocycles. The maximum atomic E-state index is 11.3. The molecule has 1 heterocycles. The Morgan fingerprint density at radius 2 is 2.31 bits per heavy atom. The van der Waals surface area contributed by atoms with Crippen molar-refractivity contribution in [2.75, 3.05) is 0 Å². The minimum absolute atomic E-state index is 0.515. The Bertz CT molecular complexity index is 405. The van der Waals surface area contributed by atoms with E-state index < -0.39 is 11.4 Å². The fourth-order valence-electron chi connectivity index (χ4n) is 2.33. The van der Waals surface area contributed by atoms with Crippen LogP contribution in [0.25, 0.3) is 0 Å². The van der Waals surface area contributed by atoms with Crippen molar-refractivity contribution in [3.8, 4) is 0 Å². The number of carboxylic acids is 1. The lowest BCUT2D eigenvalue weighted by molar-refractivity contribution is -0.154. The number of aliphatic carboxylic acids is 1. The van der Waals surface area contributed by atoms with Crippen LogP contribution in [-0.2, 0) is 24.7 Å². The first kappa shape index (κ1) is 11.2. The Balaban J connectivity index is 2.19. The fraction of sp³-hybridized carbons (Fsp3) is 0.667. The molecule has 1 aromatic rings. The molecule has 1 aromatic heterocycles. The first-order valence-electron chi connectivity index (χ1n) is 5.82. The summed E-state index contributed by atoms with van der Waals surface area (Å²) in [7, 11) is 1.89. The van der Waals surface area contributed by atoms with Gasteiger partial charge in [0.1, 0.15) is 0 Å². The van der Waals surface area contributed by atoms with E-state index in [1.54, 1.807) is 0 Å². The molecule has 16 heavy (non-hydrogen) atoms. The van der Waals surface area contributed by atoms with Crippen molar-refractivity contribution in [3.63, 3.8) is 0 Å². The molecule has 1 saturated carbocycles. The van der Waals surface area contributed by atoms with Crippen LogP contribution in [-0.4, -0.2) is 20.9 Å². The van der Waals surface area contributed by atoms with E-state index >= 15 is 0 Å². The molecule has 88 valence electrons. The van der Waals surface area contributed by atoms with Crippen molar-refractivity contribution < 1.29 is 9.90 Å². The van der Waals surface area contributed by atoms with Gasteiger partial charge in [0, 0.05) is 19.2 Å². The van der Waals surface area contributed by atoms with Crippen molar-refractivity contribution in [1.82, 2.24) is 9.78 Å². The van der Waals surface area contributed by atoms with Crippen LogP contribution in [0.4, 0.5) is 0 Å².